The molecule has 1 N–H and O–H groups in total. The highest BCUT2D eigenvalue weighted by Crippen LogP contribution is 2.26. The molecule has 25 heavy (non-hydrogen) atoms. The number of aromatic nitrogens is 3. The lowest BCUT2D eigenvalue weighted by Gasteiger charge is -2.23. The number of imidazole rings is 1. The highest BCUT2D eigenvalue weighted by atomic mass is 32.2. The Kier molecular flexibility index (Phi) is 4.76. The van der Waals surface area contributed by atoms with Crippen LogP contribution < -0.4 is 9.46 Å². The van der Waals surface area contributed by atoms with Gasteiger partial charge < -0.3 is 9.30 Å². The molecule has 1 unspecified atom stereocenters. The molecule has 0 spiro atoms. The quantitative estimate of drug-likeness (QED) is 0.866. The van der Waals surface area contributed by atoms with Crippen molar-refractivity contribution in [3.8, 4) is 5.88 Å². The zero-order chi connectivity index (χ0) is 18.0. The van der Waals surface area contributed by atoms with Gasteiger partial charge in [-0.15, -0.1) is 0 Å². The van der Waals surface area contributed by atoms with Crippen molar-refractivity contribution < 1.29 is 17.9 Å². The third-order valence-corrected chi connectivity index (χ3v) is 5.45. The number of hydrogen-bond donors (Lipinski definition) is 1. The van der Waals surface area contributed by atoms with Crippen molar-refractivity contribution in [2.45, 2.75) is 44.0 Å². The number of hydrogen-bond acceptors (Lipinski definition) is 6. The van der Waals surface area contributed by atoms with Gasteiger partial charge >= 0.3 is 0 Å². The Balaban J connectivity index is 1.90. The van der Waals surface area contributed by atoms with E-state index in [-0.39, 0.29) is 29.1 Å². The number of pyridine rings is 1. The van der Waals surface area contributed by atoms with Crippen LogP contribution in [0.15, 0.2) is 29.4 Å². The van der Waals surface area contributed by atoms with Crippen LogP contribution in [0.25, 0.3) is 0 Å². The Morgan fingerprint density at radius 3 is 3.00 bits per heavy atom. The molecule has 134 valence electrons. The maximum atomic E-state index is 12.6. The van der Waals surface area contributed by atoms with E-state index in [9.17, 15) is 13.2 Å². The Morgan fingerprint density at radius 1 is 1.44 bits per heavy atom. The van der Waals surface area contributed by atoms with E-state index in [1.54, 1.807) is 11.5 Å². The fourth-order valence-electron chi connectivity index (χ4n) is 2.98. The number of nitrogens with zero attached hydrogens (tertiary/aromatic N) is 3. The minimum Gasteiger partial charge on any atom is -0.477 e. The molecule has 1 aliphatic heterocycles. The van der Waals surface area contributed by atoms with Crippen LogP contribution in [0.5, 0.6) is 5.88 Å². The van der Waals surface area contributed by atoms with Crippen molar-refractivity contribution in [2.24, 2.45) is 0 Å². The molecular weight excluding hydrogens is 344 g/mol. The van der Waals surface area contributed by atoms with Gasteiger partial charge in [0.1, 0.15) is 16.4 Å². The smallest absolute Gasteiger partial charge is 0.283 e. The fraction of sp³-hybridized carbons (Fsp3) is 0.438. The van der Waals surface area contributed by atoms with Crippen LogP contribution in [0.2, 0.25) is 0 Å². The van der Waals surface area contributed by atoms with E-state index in [0.29, 0.717) is 0 Å². The van der Waals surface area contributed by atoms with E-state index in [1.165, 1.54) is 24.5 Å². The summed E-state index contributed by atoms with van der Waals surface area (Å²) in [5, 5.41) is 0. The van der Waals surface area contributed by atoms with Crippen molar-refractivity contribution in [3.63, 3.8) is 0 Å². The highest BCUT2D eigenvalue weighted by molar-refractivity contribution is 7.90. The maximum absolute atomic E-state index is 12.6. The van der Waals surface area contributed by atoms with Crippen molar-refractivity contribution in [2.75, 3.05) is 6.61 Å². The molecule has 3 heterocycles. The molecule has 1 atom stereocenters. The average molecular weight is 364 g/mol. The summed E-state index contributed by atoms with van der Waals surface area (Å²) in [6.07, 6.45) is 5.56. The Bertz CT molecular complexity index is 891. The van der Waals surface area contributed by atoms with E-state index >= 15 is 0 Å². The molecule has 0 aliphatic carbocycles. The maximum Gasteiger partial charge on any atom is 0.283 e. The third kappa shape index (κ3) is 3.37. The fourth-order valence-corrected chi connectivity index (χ4v) is 4.04. The summed E-state index contributed by atoms with van der Waals surface area (Å²) in [4.78, 5) is 20.6. The van der Waals surface area contributed by atoms with Crippen LogP contribution in [0.1, 0.15) is 49.0 Å². The van der Waals surface area contributed by atoms with Gasteiger partial charge in [0.05, 0.1) is 12.8 Å². The van der Waals surface area contributed by atoms with Gasteiger partial charge in [-0.1, -0.05) is 0 Å². The van der Waals surface area contributed by atoms with Crippen LogP contribution in [-0.4, -0.2) is 35.5 Å². The molecule has 1 aliphatic rings. The molecule has 8 nitrogen and oxygen atoms in total. The summed E-state index contributed by atoms with van der Waals surface area (Å²) in [7, 11) is -4.11. The molecule has 0 saturated heterocycles. The largest absolute Gasteiger partial charge is 0.477 e. The van der Waals surface area contributed by atoms with Crippen molar-refractivity contribution in [3.05, 3.63) is 36.0 Å². The van der Waals surface area contributed by atoms with Gasteiger partial charge in [-0.3, -0.25) is 4.79 Å². The lowest BCUT2D eigenvalue weighted by atomic mass is 10.1. The van der Waals surface area contributed by atoms with Crippen molar-refractivity contribution in [1.29, 1.82) is 0 Å². The number of nitrogens with one attached hydrogen (secondary N) is 1. The third-order valence-electron chi connectivity index (χ3n) is 4.10. The summed E-state index contributed by atoms with van der Waals surface area (Å²) in [6, 6.07) is 2.93. The molecule has 0 radical (unpaired) electrons. The van der Waals surface area contributed by atoms with Gasteiger partial charge in [0, 0.05) is 18.7 Å². The predicted molar refractivity (Wildman–Crippen MR) is 89.9 cm³/mol. The van der Waals surface area contributed by atoms with Gasteiger partial charge in [-0.2, -0.15) is 0 Å². The topological polar surface area (TPSA) is 103 Å². The second kappa shape index (κ2) is 6.83. The number of rotatable bonds is 5. The second-order valence-corrected chi connectivity index (χ2v) is 7.50. The van der Waals surface area contributed by atoms with Crippen LogP contribution in [0, 0.1) is 0 Å². The normalized spacial score (nSPS) is 17.0. The number of sulfonamides is 1. The zero-order valence-electron chi connectivity index (χ0n) is 14.1. The molecule has 0 fully saturated rings. The Labute approximate surface area is 146 Å². The minimum atomic E-state index is -4.11. The first-order valence-electron chi connectivity index (χ1n) is 8.15. The lowest BCUT2D eigenvalue weighted by Crippen LogP contribution is -2.33. The van der Waals surface area contributed by atoms with Gasteiger partial charge in [0.2, 0.25) is 5.88 Å². The van der Waals surface area contributed by atoms with Gasteiger partial charge in [0.15, 0.2) is 0 Å². The highest BCUT2D eigenvalue weighted by Gasteiger charge is 2.28. The standard InChI is InChI=1S/C16H20N4O4S/c1-3-24-16-13(7-5-9-17-16)25(22,23)19-15(21)12-10-18-14-8-4-6-11(2)20(12)14/h5,7,9-11H,3-4,6,8H2,1-2H3,(H,19,21). The molecule has 9 heteroatoms. The zero-order valence-corrected chi connectivity index (χ0v) is 14.9. The van der Waals surface area contributed by atoms with E-state index < -0.39 is 15.9 Å². The van der Waals surface area contributed by atoms with E-state index in [4.69, 9.17) is 4.74 Å². The molecule has 2 aromatic heterocycles. The molecule has 0 saturated carbocycles. The van der Waals surface area contributed by atoms with Crippen LogP contribution in [-0.2, 0) is 16.4 Å². The minimum absolute atomic E-state index is 0.0334. The summed E-state index contributed by atoms with van der Waals surface area (Å²) in [5.74, 6) is 0.0606. The van der Waals surface area contributed by atoms with E-state index in [2.05, 4.69) is 14.7 Å². The summed E-state index contributed by atoms with van der Waals surface area (Å²) in [5.41, 5.74) is 0.243. The van der Waals surface area contributed by atoms with Crippen LogP contribution >= 0.6 is 0 Å². The first-order chi connectivity index (χ1) is 11.9. The average Bonchev–Trinajstić information content (AvgIpc) is 3.01. The second-order valence-electron chi connectivity index (χ2n) is 5.85. The molecule has 0 bridgehead atoms. The molecule has 0 aromatic carbocycles. The summed E-state index contributed by atoms with van der Waals surface area (Å²) < 4.78 is 34.4. The van der Waals surface area contributed by atoms with Crippen molar-refractivity contribution in [1.82, 2.24) is 19.3 Å². The van der Waals surface area contributed by atoms with Crippen LogP contribution in [0.3, 0.4) is 0 Å². The Morgan fingerprint density at radius 2 is 2.24 bits per heavy atom. The first-order valence-corrected chi connectivity index (χ1v) is 9.63. The molecule has 1 amide bonds. The first kappa shape index (κ1) is 17.4. The van der Waals surface area contributed by atoms with Gasteiger partial charge in [-0.25, -0.2) is 23.1 Å². The summed E-state index contributed by atoms with van der Waals surface area (Å²) >= 11 is 0. The number of fused-ring (bicyclic) bond motifs is 1. The monoisotopic (exact) mass is 364 g/mol. The van der Waals surface area contributed by atoms with E-state index in [0.717, 1.165) is 25.1 Å². The van der Waals surface area contributed by atoms with E-state index in [1.807, 2.05) is 6.92 Å². The lowest BCUT2D eigenvalue weighted by molar-refractivity contribution is 0.0969. The van der Waals surface area contributed by atoms with Crippen LogP contribution in [0.4, 0.5) is 0 Å². The molecular formula is C16H20N4O4S. The summed E-state index contributed by atoms with van der Waals surface area (Å²) in [6.45, 7) is 3.98. The number of aryl methyl sites for hydroxylation is 1. The molecule has 2 aromatic rings. The Hall–Kier alpha value is -2.42. The SMILES string of the molecule is CCOc1ncccc1S(=O)(=O)NC(=O)c1cnc2n1C(C)CCC2. The number of ether oxygens (including phenoxy) is 1. The number of amides is 1. The van der Waals surface area contributed by atoms with Gasteiger partial charge in [0.25, 0.3) is 15.9 Å². The number of carbonyl (C=O) groups excluding carboxylic acids is 1. The van der Waals surface area contributed by atoms with Gasteiger partial charge in [-0.05, 0) is 38.8 Å². The van der Waals surface area contributed by atoms with Crippen molar-refractivity contribution >= 4 is 15.9 Å². The predicted octanol–water partition coefficient (Wildman–Crippen LogP) is 1.69. The molecule has 3 rings (SSSR count). The number of carbonyl (C=O) groups is 1.